The van der Waals surface area contributed by atoms with E-state index in [2.05, 4.69) is 10.3 Å². The first kappa shape index (κ1) is 13.9. The second kappa shape index (κ2) is 5.24. The molecule has 0 saturated heterocycles. The molecule has 1 atom stereocenters. The number of thiazole rings is 1. The van der Waals surface area contributed by atoms with Crippen molar-refractivity contribution in [2.24, 2.45) is 0 Å². The highest BCUT2D eigenvalue weighted by atomic mass is 32.1. The molecule has 3 nitrogen and oxygen atoms in total. The fourth-order valence-electron chi connectivity index (χ4n) is 1.70. The summed E-state index contributed by atoms with van der Waals surface area (Å²) in [4.78, 5) is 4.24. The molecule has 1 heterocycles. The van der Waals surface area contributed by atoms with Crippen LogP contribution < -0.4 is 10.1 Å². The number of hydrogen-bond acceptors (Lipinski definition) is 4. The summed E-state index contributed by atoms with van der Waals surface area (Å²) < 4.78 is 42.7. The molecule has 104 valence electrons. The number of fused-ring (bicyclic) bond motifs is 1. The van der Waals surface area contributed by atoms with Crippen LogP contribution >= 0.6 is 11.3 Å². The Kier molecular flexibility index (Phi) is 3.84. The molecule has 1 N–H and O–H groups in total. The number of ether oxygens (including phenoxy) is 1. The summed E-state index contributed by atoms with van der Waals surface area (Å²) in [6, 6.07) is 4.66. The second-order valence-corrected chi connectivity index (χ2v) is 5.25. The maximum atomic E-state index is 12.2. The predicted molar refractivity (Wildman–Crippen MR) is 69.9 cm³/mol. The number of nitrogens with one attached hydrogen (secondary N) is 1. The quantitative estimate of drug-likeness (QED) is 0.922. The Balaban J connectivity index is 2.13. The van der Waals surface area contributed by atoms with Crippen molar-refractivity contribution in [3.05, 3.63) is 18.2 Å². The molecule has 0 amide bonds. The van der Waals surface area contributed by atoms with Crippen LogP contribution in [0.4, 0.5) is 18.3 Å². The zero-order chi connectivity index (χ0) is 14.0. The summed E-state index contributed by atoms with van der Waals surface area (Å²) in [5, 5.41) is 3.26. The lowest BCUT2D eigenvalue weighted by molar-refractivity contribution is -0.136. The van der Waals surface area contributed by atoms with E-state index < -0.39 is 18.6 Å². The Morgan fingerprint density at radius 2 is 2.16 bits per heavy atom. The minimum atomic E-state index is -4.17. The van der Waals surface area contributed by atoms with Gasteiger partial charge in [0.25, 0.3) is 0 Å². The van der Waals surface area contributed by atoms with Gasteiger partial charge in [0.1, 0.15) is 5.75 Å². The fourth-order valence-corrected chi connectivity index (χ4v) is 2.71. The highest BCUT2D eigenvalue weighted by Crippen LogP contribution is 2.30. The van der Waals surface area contributed by atoms with Gasteiger partial charge in [0, 0.05) is 6.04 Å². The number of anilines is 1. The molecule has 0 aliphatic rings. The van der Waals surface area contributed by atoms with E-state index in [0.717, 1.165) is 10.2 Å². The molecule has 0 bridgehead atoms. The molecular formula is C12H13F3N2OS. The predicted octanol–water partition coefficient (Wildman–Crippen LogP) is 4.06. The molecule has 2 rings (SSSR count). The Morgan fingerprint density at radius 3 is 2.79 bits per heavy atom. The fraction of sp³-hybridized carbons (Fsp3) is 0.417. The molecule has 1 unspecified atom stereocenters. The van der Waals surface area contributed by atoms with Crippen LogP contribution in [0.25, 0.3) is 10.2 Å². The van der Waals surface area contributed by atoms with Gasteiger partial charge in [-0.1, -0.05) is 11.3 Å². The van der Waals surface area contributed by atoms with Gasteiger partial charge >= 0.3 is 6.18 Å². The molecule has 0 radical (unpaired) electrons. The summed E-state index contributed by atoms with van der Waals surface area (Å²) in [5.74, 6) is 0.700. The molecular weight excluding hydrogens is 277 g/mol. The monoisotopic (exact) mass is 290 g/mol. The van der Waals surface area contributed by atoms with Gasteiger partial charge in [-0.05, 0) is 25.1 Å². The van der Waals surface area contributed by atoms with Crippen LogP contribution in [0.2, 0.25) is 0 Å². The van der Waals surface area contributed by atoms with E-state index in [1.165, 1.54) is 18.3 Å². The van der Waals surface area contributed by atoms with Crippen LogP contribution in [0.15, 0.2) is 18.2 Å². The van der Waals surface area contributed by atoms with Crippen molar-refractivity contribution in [1.29, 1.82) is 0 Å². The third-order valence-corrected chi connectivity index (χ3v) is 3.45. The van der Waals surface area contributed by atoms with Crippen LogP contribution in [0, 0.1) is 0 Å². The summed E-state index contributed by atoms with van der Waals surface area (Å²) >= 11 is 1.31. The van der Waals surface area contributed by atoms with Crippen LogP contribution in [-0.4, -0.2) is 24.3 Å². The molecule has 2 aromatic rings. The topological polar surface area (TPSA) is 34.1 Å². The number of methoxy groups -OCH3 is 1. The lowest BCUT2D eigenvalue weighted by atomic mass is 10.2. The standard InChI is InChI=1S/C12H13F3N2OS/c1-7(6-12(13,14)15)16-11-17-9-4-3-8(18-2)5-10(9)19-11/h3-5,7H,6H2,1-2H3,(H,16,17). The zero-order valence-corrected chi connectivity index (χ0v) is 11.2. The van der Waals surface area contributed by atoms with Crippen molar-refractivity contribution in [3.63, 3.8) is 0 Å². The van der Waals surface area contributed by atoms with Crippen molar-refractivity contribution in [2.75, 3.05) is 12.4 Å². The van der Waals surface area contributed by atoms with Gasteiger partial charge < -0.3 is 10.1 Å². The van der Waals surface area contributed by atoms with Crippen molar-refractivity contribution < 1.29 is 17.9 Å². The van der Waals surface area contributed by atoms with E-state index in [1.54, 1.807) is 19.2 Å². The lowest BCUT2D eigenvalue weighted by Gasteiger charge is -2.14. The average Bonchev–Trinajstić information content (AvgIpc) is 2.66. The van der Waals surface area contributed by atoms with Crippen molar-refractivity contribution in [1.82, 2.24) is 4.98 Å². The lowest BCUT2D eigenvalue weighted by Crippen LogP contribution is -2.23. The number of alkyl halides is 3. The number of rotatable bonds is 4. The minimum absolute atomic E-state index is 0.486. The first-order valence-electron chi connectivity index (χ1n) is 5.65. The van der Waals surface area contributed by atoms with Crippen LogP contribution in [0.1, 0.15) is 13.3 Å². The van der Waals surface area contributed by atoms with Gasteiger partial charge in [-0.15, -0.1) is 0 Å². The average molecular weight is 290 g/mol. The molecule has 0 fully saturated rings. The SMILES string of the molecule is COc1ccc2nc(NC(C)CC(F)(F)F)sc2c1. The van der Waals surface area contributed by atoms with Crippen LogP contribution in [-0.2, 0) is 0 Å². The van der Waals surface area contributed by atoms with E-state index >= 15 is 0 Å². The van der Waals surface area contributed by atoms with E-state index in [1.807, 2.05) is 6.07 Å². The van der Waals surface area contributed by atoms with Gasteiger partial charge in [-0.3, -0.25) is 0 Å². The van der Waals surface area contributed by atoms with Crippen molar-refractivity contribution >= 4 is 26.7 Å². The summed E-state index contributed by atoms with van der Waals surface area (Å²) in [5.41, 5.74) is 0.743. The van der Waals surface area contributed by atoms with Crippen LogP contribution in [0.5, 0.6) is 5.75 Å². The zero-order valence-electron chi connectivity index (χ0n) is 10.4. The number of halogens is 3. The largest absolute Gasteiger partial charge is 0.497 e. The Labute approximate surface area is 112 Å². The number of aromatic nitrogens is 1. The maximum Gasteiger partial charge on any atom is 0.391 e. The first-order chi connectivity index (χ1) is 8.87. The minimum Gasteiger partial charge on any atom is -0.497 e. The van der Waals surface area contributed by atoms with Crippen molar-refractivity contribution in [3.8, 4) is 5.75 Å². The molecule has 0 aliphatic carbocycles. The second-order valence-electron chi connectivity index (χ2n) is 4.22. The van der Waals surface area contributed by atoms with Crippen molar-refractivity contribution in [2.45, 2.75) is 25.6 Å². The molecule has 19 heavy (non-hydrogen) atoms. The highest BCUT2D eigenvalue weighted by molar-refractivity contribution is 7.22. The Morgan fingerprint density at radius 1 is 1.42 bits per heavy atom. The highest BCUT2D eigenvalue weighted by Gasteiger charge is 2.30. The number of nitrogens with zero attached hydrogens (tertiary/aromatic N) is 1. The Bertz CT molecular complexity index is 568. The first-order valence-corrected chi connectivity index (χ1v) is 6.47. The summed E-state index contributed by atoms with van der Waals surface area (Å²) in [6.45, 7) is 1.49. The molecule has 1 aromatic heterocycles. The molecule has 1 aromatic carbocycles. The normalized spacial score (nSPS) is 13.5. The Hall–Kier alpha value is -1.50. The van der Waals surface area contributed by atoms with Gasteiger partial charge in [-0.25, -0.2) is 4.98 Å². The summed E-state index contributed by atoms with van der Waals surface area (Å²) in [7, 11) is 1.56. The molecule has 0 saturated carbocycles. The van der Waals surface area contributed by atoms with Gasteiger partial charge in [0.15, 0.2) is 5.13 Å². The maximum absolute atomic E-state index is 12.2. The van der Waals surface area contributed by atoms with E-state index in [4.69, 9.17) is 4.74 Å². The molecule has 0 spiro atoms. The summed E-state index contributed by atoms with van der Waals surface area (Å²) in [6.07, 6.45) is -5.06. The smallest absolute Gasteiger partial charge is 0.391 e. The van der Waals surface area contributed by atoms with E-state index in [-0.39, 0.29) is 0 Å². The molecule has 7 heteroatoms. The van der Waals surface area contributed by atoms with Gasteiger partial charge in [0.2, 0.25) is 0 Å². The van der Waals surface area contributed by atoms with E-state index in [9.17, 15) is 13.2 Å². The third-order valence-electron chi connectivity index (χ3n) is 2.50. The van der Waals surface area contributed by atoms with E-state index in [0.29, 0.717) is 10.9 Å². The molecule has 0 aliphatic heterocycles. The van der Waals surface area contributed by atoms with Crippen LogP contribution in [0.3, 0.4) is 0 Å². The number of benzene rings is 1. The van der Waals surface area contributed by atoms with Gasteiger partial charge in [0.05, 0.1) is 23.7 Å². The number of hydrogen-bond donors (Lipinski definition) is 1. The van der Waals surface area contributed by atoms with Gasteiger partial charge in [-0.2, -0.15) is 13.2 Å². The third kappa shape index (κ3) is 3.73.